The first-order valence-electron chi connectivity index (χ1n) is 12.2. The van der Waals surface area contributed by atoms with E-state index in [1.54, 1.807) is 36.8 Å². The number of nitrogens with zero attached hydrogens (tertiary/aromatic N) is 5. The Morgan fingerprint density at radius 2 is 1.68 bits per heavy atom. The maximum Gasteiger partial charge on any atom is 0.266 e. The topological polar surface area (TPSA) is 88.0 Å². The van der Waals surface area contributed by atoms with Crippen LogP contribution in [-0.4, -0.2) is 45.7 Å². The molecule has 0 spiro atoms. The third-order valence-electron chi connectivity index (χ3n) is 6.51. The summed E-state index contributed by atoms with van der Waals surface area (Å²) < 4.78 is 1.45. The van der Waals surface area contributed by atoms with Gasteiger partial charge in [0.2, 0.25) is 5.95 Å². The van der Waals surface area contributed by atoms with Crippen molar-refractivity contribution in [3.63, 3.8) is 0 Å². The van der Waals surface area contributed by atoms with Crippen LogP contribution < -0.4 is 21.1 Å². The Labute approximate surface area is 228 Å². The lowest BCUT2D eigenvalue weighted by molar-refractivity contribution is 0.589. The second-order valence-corrected chi connectivity index (χ2v) is 9.71. The number of fused-ring (bicyclic) bond motifs is 1. The van der Waals surface area contributed by atoms with Crippen molar-refractivity contribution in [1.82, 2.24) is 24.8 Å². The number of para-hydroxylation sites is 1. The van der Waals surface area contributed by atoms with Crippen LogP contribution in [0.3, 0.4) is 0 Å². The lowest BCUT2D eigenvalue weighted by atomic mass is 10.1. The molecule has 1 saturated heterocycles. The summed E-state index contributed by atoms with van der Waals surface area (Å²) in [6.07, 6.45) is 6.65. The second kappa shape index (κ2) is 10.4. The van der Waals surface area contributed by atoms with Gasteiger partial charge < -0.3 is 15.5 Å². The molecular weight excluding hydrogens is 521 g/mol. The van der Waals surface area contributed by atoms with Crippen LogP contribution in [0.2, 0.25) is 10.0 Å². The van der Waals surface area contributed by atoms with E-state index in [0.29, 0.717) is 38.1 Å². The molecule has 2 aromatic carbocycles. The predicted octanol–water partition coefficient (Wildman–Crippen LogP) is 5.30. The predicted molar refractivity (Wildman–Crippen MR) is 153 cm³/mol. The number of piperazine rings is 1. The van der Waals surface area contributed by atoms with E-state index in [1.165, 1.54) is 16.5 Å². The van der Waals surface area contributed by atoms with E-state index >= 15 is 0 Å². The van der Waals surface area contributed by atoms with Gasteiger partial charge in [-0.05, 0) is 42.5 Å². The summed E-state index contributed by atoms with van der Waals surface area (Å²) >= 11 is 12.9. The average Bonchev–Trinajstić information content (AvgIpc) is 2.95. The highest BCUT2D eigenvalue weighted by atomic mass is 35.5. The maximum atomic E-state index is 13.6. The minimum Gasteiger partial charge on any atom is -0.369 e. The molecule has 1 fully saturated rings. The quantitative estimate of drug-likeness (QED) is 0.310. The van der Waals surface area contributed by atoms with Crippen LogP contribution in [0.1, 0.15) is 0 Å². The van der Waals surface area contributed by atoms with Crippen LogP contribution in [0.15, 0.2) is 84.2 Å². The molecule has 4 heterocycles. The summed E-state index contributed by atoms with van der Waals surface area (Å²) in [7, 11) is 0. The van der Waals surface area contributed by atoms with E-state index in [1.807, 2.05) is 24.3 Å². The van der Waals surface area contributed by atoms with E-state index in [4.69, 9.17) is 28.2 Å². The number of hydrogen-bond acceptors (Lipinski definition) is 7. The van der Waals surface area contributed by atoms with Gasteiger partial charge in [-0.15, -0.1) is 0 Å². The van der Waals surface area contributed by atoms with Crippen LogP contribution in [0.5, 0.6) is 0 Å². The first kappa shape index (κ1) is 24.4. The Morgan fingerprint density at radius 1 is 0.921 bits per heavy atom. The zero-order valence-corrected chi connectivity index (χ0v) is 21.7. The number of hydrogen-bond donors (Lipinski definition) is 2. The van der Waals surface area contributed by atoms with Crippen LogP contribution >= 0.6 is 23.2 Å². The van der Waals surface area contributed by atoms with Gasteiger partial charge >= 0.3 is 0 Å². The summed E-state index contributed by atoms with van der Waals surface area (Å²) in [5, 5.41) is 7.70. The molecule has 10 heteroatoms. The lowest BCUT2D eigenvalue weighted by Gasteiger charge is -2.29. The smallest absolute Gasteiger partial charge is 0.266 e. The zero-order chi connectivity index (χ0) is 26.1. The Bertz CT molecular complexity index is 1650. The molecule has 0 bridgehead atoms. The number of pyridine rings is 2. The summed E-state index contributed by atoms with van der Waals surface area (Å²) in [5.41, 5.74) is 4.09. The number of nitrogens with one attached hydrogen (secondary N) is 2. The fourth-order valence-corrected chi connectivity index (χ4v) is 5.19. The Kier molecular flexibility index (Phi) is 6.68. The van der Waals surface area contributed by atoms with Gasteiger partial charge in [-0.1, -0.05) is 35.3 Å². The van der Waals surface area contributed by atoms with Crippen molar-refractivity contribution in [3.05, 3.63) is 99.8 Å². The molecule has 1 aliphatic heterocycles. The summed E-state index contributed by atoms with van der Waals surface area (Å²) in [6.45, 7) is 3.92. The molecular formula is C28H23Cl2N7O. The van der Waals surface area contributed by atoms with Crippen LogP contribution in [-0.2, 0) is 0 Å². The van der Waals surface area contributed by atoms with E-state index in [2.05, 4.69) is 37.6 Å². The Balaban J connectivity index is 1.43. The van der Waals surface area contributed by atoms with Gasteiger partial charge in [0, 0.05) is 73.5 Å². The van der Waals surface area contributed by atoms with E-state index < -0.39 is 0 Å². The van der Waals surface area contributed by atoms with Gasteiger partial charge in [0.25, 0.3) is 5.56 Å². The molecule has 0 atom stereocenters. The molecule has 1 aliphatic rings. The number of benzene rings is 2. The van der Waals surface area contributed by atoms with Gasteiger partial charge in [0.1, 0.15) is 0 Å². The molecule has 0 aliphatic carbocycles. The summed E-state index contributed by atoms with van der Waals surface area (Å²) in [4.78, 5) is 29.4. The number of aromatic nitrogens is 4. The highest BCUT2D eigenvalue weighted by Gasteiger charge is 2.18. The number of anilines is 3. The van der Waals surface area contributed by atoms with Gasteiger partial charge in [-0.25, -0.2) is 9.97 Å². The van der Waals surface area contributed by atoms with E-state index in [9.17, 15) is 4.79 Å². The fraction of sp³-hybridized carbons (Fsp3) is 0.143. The van der Waals surface area contributed by atoms with Gasteiger partial charge in [0.15, 0.2) is 0 Å². The molecule has 3 aromatic heterocycles. The highest BCUT2D eigenvalue weighted by Crippen LogP contribution is 2.32. The molecule has 8 nitrogen and oxygen atoms in total. The largest absolute Gasteiger partial charge is 0.369 e. The lowest BCUT2D eigenvalue weighted by Crippen LogP contribution is -2.43. The molecule has 190 valence electrons. The third kappa shape index (κ3) is 4.69. The molecule has 38 heavy (non-hydrogen) atoms. The minimum absolute atomic E-state index is 0.324. The third-order valence-corrected chi connectivity index (χ3v) is 7.12. The van der Waals surface area contributed by atoms with Crippen molar-refractivity contribution >= 4 is 51.4 Å². The Morgan fingerprint density at radius 3 is 2.39 bits per heavy atom. The number of rotatable bonds is 5. The van der Waals surface area contributed by atoms with Crippen LogP contribution in [0.4, 0.5) is 17.3 Å². The molecule has 0 unspecified atom stereocenters. The maximum absolute atomic E-state index is 13.6. The standard InChI is InChI=1S/C28H23Cl2N7O/c29-23-4-1-5-24(30)26(23)37-17-22(18-3-2-10-32-15-18)25-21(27(37)38)16-33-28(35-25)34-19-6-8-20(9-7-19)36-13-11-31-12-14-36/h1-10,15-17,31H,11-14H2,(H,33,34,35). The monoisotopic (exact) mass is 543 g/mol. The first-order chi connectivity index (χ1) is 18.6. The molecule has 6 rings (SSSR count). The van der Waals surface area contributed by atoms with Gasteiger partial charge in [-0.3, -0.25) is 14.3 Å². The molecule has 0 amide bonds. The van der Waals surface area contributed by atoms with Gasteiger partial charge in [0.05, 0.1) is 26.6 Å². The summed E-state index contributed by atoms with van der Waals surface area (Å²) in [5.74, 6) is 0.380. The van der Waals surface area contributed by atoms with Crippen molar-refractivity contribution < 1.29 is 0 Å². The molecule has 0 radical (unpaired) electrons. The Hall–Kier alpha value is -3.98. The normalized spacial score (nSPS) is 13.6. The van der Waals surface area contributed by atoms with Crippen molar-refractivity contribution in [2.75, 3.05) is 36.4 Å². The van der Waals surface area contributed by atoms with Crippen molar-refractivity contribution in [3.8, 4) is 16.8 Å². The second-order valence-electron chi connectivity index (χ2n) is 8.89. The molecule has 5 aromatic rings. The SMILES string of the molecule is O=c1c2cnc(Nc3ccc(N4CCNCC4)cc3)nc2c(-c2cccnc2)cn1-c1c(Cl)cccc1Cl. The minimum atomic E-state index is -0.324. The first-order valence-corrected chi connectivity index (χ1v) is 12.9. The van der Waals surface area contributed by atoms with E-state index in [0.717, 1.165) is 37.4 Å². The molecule has 2 N–H and O–H groups in total. The van der Waals surface area contributed by atoms with Crippen molar-refractivity contribution in [1.29, 1.82) is 0 Å². The molecule has 0 saturated carbocycles. The highest BCUT2D eigenvalue weighted by molar-refractivity contribution is 6.37. The zero-order valence-electron chi connectivity index (χ0n) is 20.2. The van der Waals surface area contributed by atoms with Crippen molar-refractivity contribution in [2.45, 2.75) is 0 Å². The summed E-state index contributed by atoms with van der Waals surface area (Å²) in [6, 6.07) is 17.0. The van der Waals surface area contributed by atoms with Crippen LogP contribution in [0, 0.1) is 0 Å². The van der Waals surface area contributed by atoms with Crippen LogP contribution in [0.25, 0.3) is 27.7 Å². The van der Waals surface area contributed by atoms with E-state index in [-0.39, 0.29) is 5.56 Å². The van der Waals surface area contributed by atoms with Crippen molar-refractivity contribution in [2.24, 2.45) is 0 Å². The average molecular weight is 544 g/mol. The number of halogens is 2. The van der Waals surface area contributed by atoms with Gasteiger partial charge in [-0.2, -0.15) is 0 Å². The fourth-order valence-electron chi connectivity index (χ4n) is 4.61.